The van der Waals surface area contributed by atoms with E-state index in [1.165, 1.54) is 5.56 Å². The number of rotatable bonds is 5. The molecular weight excluding hydrogens is 426 g/mol. The zero-order valence-electron chi connectivity index (χ0n) is 20.2. The molecule has 3 aliphatic rings. The van der Waals surface area contributed by atoms with Crippen molar-refractivity contribution in [3.63, 3.8) is 0 Å². The van der Waals surface area contributed by atoms with Crippen LogP contribution in [0.2, 0.25) is 0 Å². The van der Waals surface area contributed by atoms with Gasteiger partial charge in [-0.1, -0.05) is 36.4 Å². The second kappa shape index (κ2) is 9.51. The van der Waals surface area contributed by atoms with E-state index in [2.05, 4.69) is 34.1 Å². The smallest absolute Gasteiger partial charge is 0.253 e. The number of aliphatic hydroxyl groups is 1. The summed E-state index contributed by atoms with van der Waals surface area (Å²) in [5, 5.41) is 10.2. The van der Waals surface area contributed by atoms with E-state index in [1.54, 1.807) is 19.0 Å². The molecule has 2 amide bonds. The summed E-state index contributed by atoms with van der Waals surface area (Å²) < 4.78 is 0. The van der Waals surface area contributed by atoms with Crippen LogP contribution >= 0.6 is 0 Å². The number of amides is 2. The summed E-state index contributed by atoms with van der Waals surface area (Å²) in [6.45, 7) is 2.76. The fourth-order valence-electron chi connectivity index (χ4n) is 5.69. The Balaban J connectivity index is 1.34. The van der Waals surface area contributed by atoms with Crippen LogP contribution in [0.3, 0.4) is 0 Å². The minimum atomic E-state index is -0.0000999. The molecule has 1 N–H and O–H groups in total. The molecule has 1 aliphatic carbocycles. The number of benzene rings is 2. The summed E-state index contributed by atoms with van der Waals surface area (Å²) in [4.78, 5) is 31.1. The third-order valence-corrected chi connectivity index (χ3v) is 7.78. The molecule has 0 unspecified atom stereocenters. The van der Waals surface area contributed by atoms with E-state index >= 15 is 0 Å². The molecular formula is C28H35N3O3. The highest BCUT2D eigenvalue weighted by Gasteiger charge is 2.50. The minimum absolute atomic E-state index is 0.0000999. The first-order valence-corrected chi connectivity index (χ1v) is 12.6. The van der Waals surface area contributed by atoms with Crippen LogP contribution < -0.4 is 0 Å². The highest BCUT2D eigenvalue weighted by atomic mass is 16.3. The van der Waals surface area contributed by atoms with E-state index in [0.29, 0.717) is 11.5 Å². The molecule has 3 fully saturated rings. The van der Waals surface area contributed by atoms with Gasteiger partial charge in [0.2, 0.25) is 5.91 Å². The first kappa shape index (κ1) is 23.1. The fraction of sp³-hybridized carbons (Fsp3) is 0.500. The number of nitrogens with zero attached hydrogens (tertiary/aromatic N) is 3. The van der Waals surface area contributed by atoms with E-state index < -0.39 is 0 Å². The van der Waals surface area contributed by atoms with Gasteiger partial charge >= 0.3 is 0 Å². The molecule has 34 heavy (non-hydrogen) atoms. The van der Waals surface area contributed by atoms with Gasteiger partial charge in [-0.2, -0.15) is 0 Å². The van der Waals surface area contributed by atoms with Crippen molar-refractivity contribution in [2.24, 2.45) is 5.92 Å². The lowest BCUT2D eigenvalue weighted by Crippen LogP contribution is -2.68. The summed E-state index contributed by atoms with van der Waals surface area (Å²) in [5.41, 5.74) is 4.08. The molecule has 1 saturated carbocycles. The molecule has 6 heteroatoms. The molecule has 180 valence electrons. The van der Waals surface area contributed by atoms with Crippen molar-refractivity contribution < 1.29 is 14.7 Å². The Morgan fingerprint density at radius 2 is 1.56 bits per heavy atom. The average Bonchev–Trinajstić information content (AvgIpc) is 3.68. The predicted octanol–water partition coefficient (Wildman–Crippen LogP) is 3.22. The second-order valence-corrected chi connectivity index (χ2v) is 10.2. The highest BCUT2D eigenvalue weighted by Crippen LogP contribution is 2.43. The van der Waals surface area contributed by atoms with Crippen LogP contribution in [0.25, 0.3) is 11.1 Å². The Hall–Kier alpha value is -2.70. The first-order chi connectivity index (χ1) is 16.5. The van der Waals surface area contributed by atoms with E-state index in [9.17, 15) is 14.7 Å². The number of hydrogen-bond acceptors (Lipinski definition) is 4. The molecule has 5 rings (SSSR count). The molecule has 0 radical (unpaired) electrons. The molecule has 3 atom stereocenters. The van der Waals surface area contributed by atoms with Crippen molar-refractivity contribution in [1.82, 2.24) is 14.7 Å². The Bertz CT molecular complexity index is 1030. The maximum Gasteiger partial charge on any atom is 0.253 e. The fourth-order valence-corrected chi connectivity index (χ4v) is 5.69. The van der Waals surface area contributed by atoms with E-state index in [1.807, 2.05) is 24.3 Å². The Morgan fingerprint density at radius 1 is 0.941 bits per heavy atom. The van der Waals surface area contributed by atoms with Gasteiger partial charge in [0, 0.05) is 56.7 Å². The standard InChI is InChI=1S/C28H35N3O3/c1-29(2)27(33)22-11-7-20(8-12-22)19-5-9-21(10-6-19)26-24-17-30(28(34)23-13-14-23)15-3-4-16-31(24)25(26)18-32/h5-12,23-26,32H,3-4,13-18H2,1-2H3/t24-,25-,26-/m1/s1. The average molecular weight is 462 g/mol. The largest absolute Gasteiger partial charge is 0.395 e. The van der Waals surface area contributed by atoms with Gasteiger partial charge in [0.25, 0.3) is 5.91 Å². The van der Waals surface area contributed by atoms with Gasteiger partial charge in [-0.05, 0) is 61.1 Å². The number of hydrogen-bond donors (Lipinski definition) is 1. The molecule has 2 aromatic carbocycles. The quantitative estimate of drug-likeness (QED) is 0.743. The SMILES string of the molecule is CN(C)C(=O)c1ccc(-c2ccc([C@H]3[C@@H](CO)N4CCCCN(C(=O)C5CC5)C[C@H]34)cc2)cc1. The normalized spacial score (nSPS) is 25.0. The highest BCUT2D eigenvalue weighted by molar-refractivity contribution is 5.94. The van der Waals surface area contributed by atoms with Gasteiger partial charge in [0.1, 0.15) is 0 Å². The Kier molecular flexibility index (Phi) is 6.45. The summed E-state index contributed by atoms with van der Waals surface area (Å²) in [5.74, 6) is 0.810. The van der Waals surface area contributed by atoms with Crippen LogP contribution in [0, 0.1) is 5.92 Å². The van der Waals surface area contributed by atoms with E-state index in [-0.39, 0.29) is 36.4 Å². The lowest BCUT2D eigenvalue weighted by Gasteiger charge is -2.57. The van der Waals surface area contributed by atoms with Crippen molar-refractivity contribution in [2.45, 2.75) is 43.7 Å². The first-order valence-electron chi connectivity index (χ1n) is 12.6. The zero-order valence-corrected chi connectivity index (χ0v) is 20.2. The maximum atomic E-state index is 12.8. The van der Waals surface area contributed by atoms with Gasteiger partial charge in [0.15, 0.2) is 0 Å². The van der Waals surface area contributed by atoms with Crippen molar-refractivity contribution in [3.8, 4) is 11.1 Å². The lowest BCUT2D eigenvalue weighted by atomic mass is 9.74. The monoisotopic (exact) mass is 461 g/mol. The third-order valence-electron chi connectivity index (χ3n) is 7.78. The van der Waals surface area contributed by atoms with Gasteiger partial charge in [-0.25, -0.2) is 0 Å². The van der Waals surface area contributed by atoms with E-state index in [0.717, 1.165) is 56.4 Å². The van der Waals surface area contributed by atoms with Gasteiger partial charge in [-0.15, -0.1) is 0 Å². The minimum Gasteiger partial charge on any atom is -0.395 e. The van der Waals surface area contributed by atoms with Crippen LogP contribution in [-0.4, -0.2) is 84.0 Å². The summed E-state index contributed by atoms with van der Waals surface area (Å²) in [6, 6.07) is 16.7. The van der Waals surface area contributed by atoms with Crippen molar-refractivity contribution in [1.29, 1.82) is 0 Å². The van der Waals surface area contributed by atoms with Crippen LogP contribution in [-0.2, 0) is 4.79 Å². The molecule has 0 bridgehead atoms. The van der Waals surface area contributed by atoms with E-state index in [4.69, 9.17) is 0 Å². The molecule has 2 aliphatic heterocycles. The molecule has 0 aromatic heterocycles. The summed E-state index contributed by atoms with van der Waals surface area (Å²) in [6.07, 6.45) is 4.19. The topological polar surface area (TPSA) is 64.1 Å². The maximum absolute atomic E-state index is 12.8. The molecule has 0 spiro atoms. The van der Waals surface area contributed by atoms with Gasteiger partial charge in [0.05, 0.1) is 6.61 Å². The molecule has 6 nitrogen and oxygen atoms in total. The number of aliphatic hydroxyl groups excluding tert-OH is 1. The summed E-state index contributed by atoms with van der Waals surface area (Å²) >= 11 is 0. The number of fused-ring (bicyclic) bond motifs is 1. The van der Waals surface area contributed by atoms with Gasteiger partial charge < -0.3 is 14.9 Å². The third kappa shape index (κ3) is 4.37. The van der Waals surface area contributed by atoms with Gasteiger partial charge in [-0.3, -0.25) is 14.5 Å². The second-order valence-electron chi connectivity index (χ2n) is 10.2. The van der Waals surface area contributed by atoms with Crippen LogP contribution in [0.15, 0.2) is 48.5 Å². The molecule has 2 heterocycles. The molecule has 2 saturated heterocycles. The molecule has 2 aromatic rings. The zero-order chi connectivity index (χ0) is 23.8. The Labute approximate surface area is 202 Å². The number of carbonyl (C=O) groups excluding carboxylic acids is 2. The number of carbonyl (C=O) groups is 2. The van der Waals surface area contributed by atoms with Crippen LogP contribution in [0.1, 0.15) is 47.5 Å². The van der Waals surface area contributed by atoms with Crippen LogP contribution in [0.4, 0.5) is 0 Å². The van der Waals surface area contributed by atoms with Crippen molar-refractivity contribution >= 4 is 11.8 Å². The summed E-state index contributed by atoms with van der Waals surface area (Å²) in [7, 11) is 3.51. The Morgan fingerprint density at radius 3 is 2.15 bits per heavy atom. The predicted molar refractivity (Wildman–Crippen MR) is 133 cm³/mol. The van der Waals surface area contributed by atoms with Crippen molar-refractivity contribution in [2.75, 3.05) is 40.3 Å². The van der Waals surface area contributed by atoms with Crippen molar-refractivity contribution in [3.05, 3.63) is 59.7 Å². The van der Waals surface area contributed by atoms with Crippen LogP contribution in [0.5, 0.6) is 0 Å². The lowest BCUT2D eigenvalue weighted by molar-refractivity contribution is -0.137.